The highest BCUT2D eigenvalue weighted by atomic mass is 16.5. The SMILES string of the molecule is CCCC(=O)C(OCC)c1ccccc1C. The van der Waals surface area contributed by atoms with Gasteiger partial charge < -0.3 is 4.74 Å². The van der Waals surface area contributed by atoms with Crippen LogP contribution in [0.1, 0.15) is 43.9 Å². The van der Waals surface area contributed by atoms with Gasteiger partial charge in [0.05, 0.1) is 0 Å². The average molecular weight is 220 g/mol. The van der Waals surface area contributed by atoms with Crippen LogP contribution in [0, 0.1) is 6.92 Å². The minimum Gasteiger partial charge on any atom is -0.366 e. The van der Waals surface area contributed by atoms with E-state index in [2.05, 4.69) is 0 Å². The van der Waals surface area contributed by atoms with Gasteiger partial charge in [-0.05, 0) is 31.4 Å². The van der Waals surface area contributed by atoms with Crippen molar-refractivity contribution in [2.24, 2.45) is 0 Å². The number of benzene rings is 1. The van der Waals surface area contributed by atoms with Gasteiger partial charge in [-0.2, -0.15) is 0 Å². The first-order chi connectivity index (χ1) is 7.70. The van der Waals surface area contributed by atoms with E-state index in [0.29, 0.717) is 13.0 Å². The Hall–Kier alpha value is -1.15. The molecular formula is C14H20O2. The summed E-state index contributed by atoms with van der Waals surface area (Å²) in [7, 11) is 0. The molecule has 0 heterocycles. The Bertz CT molecular complexity index is 344. The lowest BCUT2D eigenvalue weighted by Crippen LogP contribution is -2.16. The first-order valence-electron chi connectivity index (χ1n) is 5.90. The molecule has 0 bridgehead atoms. The summed E-state index contributed by atoms with van der Waals surface area (Å²) in [5.41, 5.74) is 2.12. The number of Topliss-reactive ketones (excluding diaryl/α,β-unsaturated/α-hetero) is 1. The molecular weight excluding hydrogens is 200 g/mol. The van der Waals surface area contributed by atoms with E-state index >= 15 is 0 Å². The zero-order valence-corrected chi connectivity index (χ0v) is 10.3. The summed E-state index contributed by atoms with van der Waals surface area (Å²) < 4.78 is 5.57. The molecule has 0 saturated carbocycles. The Labute approximate surface area is 97.6 Å². The number of carbonyl (C=O) groups excluding carboxylic acids is 1. The lowest BCUT2D eigenvalue weighted by Gasteiger charge is -2.18. The van der Waals surface area contributed by atoms with E-state index in [4.69, 9.17) is 4.74 Å². The molecule has 0 aromatic heterocycles. The Morgan fingerprint density at radius 3 is 2.56 bits per heavy atom. The molecule has 1 aromatic rings. The van der Waals surface area contributed by atoms with Crippen molar-refractivity contribution in [3.8, 4) is 0 Å². The van der Waals surface area contributed by atoms with Gasteiger partial charge in [-0.1, -0.05) is 31.2 Å². The van der Waals surface area contributed by atoms with Gasteiger partial charge in [-0.25, -0.2) is 0 Å². The molecule has 0 fully saturated rings. The number of hydrogen-bond acceptors (Lipinski definition) is 2. The first kappa shape index (κ1) is 12.9. The van der Waals surface area contributed by atoms with E-state index in [0.717, 1.165) is 17.5 Å². The van der Waals surface area contributed by atoms with E-state index in [9.17, 15) is 4.79 Å². The topological polar surface area (TPSA) is 26.3 Å². The molecule has 2 nitrogen and oxygen atoms in total. The van der Waals surface area contributed by atoms with Crippen molar-refractivity contribution in [3.63, 3.8) is 0 Å². The summed E-state index contributed by atoms with van der Waals surface area (Å²) >= 11 is 0. The van der Waals surface area contributed by atoms with Crippen LogP contribution < -0.4 is 0 Å². The maximum Gasteiger partial charge on any atom is 0.166 e. The second-order valence-electron chi connectivity index (χ2n) is 3.91. The van der Waals surface area contributed by atoms with Crippen molar-refractivity contribution in [1.82, 2.24) is 0 Å². The molecule has 2 heteroatoms. The van der Waals surface area contributed by atoms with Crippen molar-refractivity contribution in [1.29, 1.82) is 0 Å². The van der Waals surface area contributed by atoms with Gasteiger partial charge in [0.15, 0.2) is 5.78 Å². The predicted octanol–water partition coefficient (Wildman–Crippen LogP) is 3.44. The van der Waals surface area contributed by atoms with Gasteiger partial charge in [0.2, 0.25) is 0 Å². The zero-order chi connectivity index (χ0) is 12.0. The summed E-state index contributed by atoms with van der Waals surface area (Å²) in [6.45, 7) is 6.51. The second-order valence-corrected chi connectivity index (χ2v) is 3.91. The van der Waals surface area contributed by atoms with Crippen LogP contribution in [0.2, 0.25) is 0 Å². The summed E-state index contributed by atoms with van der Waals surface area (Å²) in [6, 6.07) is 7.92. The monoisotopic (exact) mass is 220 g/mol. The Morgan fingerprint density at radius 1 is 1.31 bits per heavy atom. The molecule has 0 saturated heterocycles. The van der Waals surface area contributed by atoms with E-state index in [1.807, 2.05) is 45.0 Å². The Morgan fingerprint density at radius 2 is 2.00 bits per heavy atom. The predicted molar refractivity (Wildman–Crippen MR) is 65.5 cm³/mol. The molecule has 0 radical (unpaired) electrons. The summed E-state index contributed by atoms with van der Waals surface area (Å²) in [5, 5.41) is 0. The quantitative estimate of drug-likeness (QED) is 0.734. The molecule has 0 spiro atoms. The van der Waals surface area contributed by atoms with E-state index in [1.165, 1.54) is 0 Å². The molecule has 88 valence electrons. The van der Waals surface area contributed by atoms with Crippen LogP contribution in [0.4, 0.5) is 0 Å². The highest BCUT2D eigenvalue weighted by Crippen LogP contribution is 2.23. The van der Waals surface area contributed by atoms with Crippen LogP contribution in [0.3, 0.4) is 0 Å². The largest absolute Gasteiger partial charge is 0.366 e. The molecule has 16 heavy (non-hydrogen) atoms. The summed E-state index contributed by atoms with van der Waals surface area (Å²) in [6.07, 6.45) is 1.07. The average Bonchev–Trinajstić information content (AvgIpc) is 2.27. The van der Waals surface area contributed by atoms with E-state index in [1.54, 1.807) is 0 Å². The van der Waals surface area contributed by atoms with Crippen LogP contribution in [-0.2, 0) is 9.53 Å². The fourth-order valence-corrected chi connectivity index (χ4v) is 1.78. The van der Waals surface area contributed by atoms with Crippen LogP contribution >= 0.6 is 0 Å². The van der Waals surface area contributed by atoms with Gasteiger partial charge in [0.25, 0.3) is 0 Å². The van der Waals surface area contributed by atoms with Crippen molar-refractivity contribution >= 4 is 5.78 Å². The lowest BCUT2D eigenvalue weighted by atomic mass is 9.98. The van der Waals surface area contributed by atoms with Gasteiger partial charge >= 0.3 is 0 Å². The lowest BCUT2D eigenvalue weighted by molar-refractivity contribution is -0.130. The number of ether oxygens (including phenoxy) is 1. The fraction of sp³-hybridized carbons (Fsp3) is 0.500. The zero-order valence-electron chi connectivity index (χ0n) is 10.3. The normalized spacial score (nSPS) is 12.4. The van der Waals surface area contributed by atoms with Crippen molar-refractivity contribution in [3.05, 3.63) is 35.4 Å². The first-order valence-corrected chi connectivity index (χ1v) is 5.90. The second kappa shape index (κ2) is 6.44. The van der Waals surface area contributed by atoms with Crippen molar-refractivity contribution < 1.29 is 9.53 Å². The summed E-state index contributed by atoms with van der Waals surface area (Å²) in [5.74, 6) is 0.179. The molecule has 0 aliphatic rings. The van der Waals surface area contributed by atoms with Gasteiger partial charge in [0.1, 0.15) is 6.10 Å². The fourth-order valence-electron chi connectivity index (χ4n) is 1.78. The maximum absolute atomic E-state index is 12.0. The third kappa shape index (κ3) is 3.17. The van der Waals surface area contributed by atoms with Gasteiger partial charge in [-0.3, -0.25) is 4.79 Å². The molecule has 1 atom stereocenters. The minimum atomic E-state index is -0.383. The highest BCUT2D eigenvalue weighted by molar-refractivity contribution is 5.84. The number of hydrogen-bond donors (Lipinski definition) is 0. The van der Waals surface area contributed by atoms with Crippen LogP contribution in [0.25, 0.3) is 0 Å². The van der Waals surface area contributed by atoms with Crippen LogP contribution in [-0.4, -0.2) is 12.4 Å². The maximum atomic E-state index is 12.0. The molecule has 1 rings (SSSR count). The van der Waals surface area contributed by atoms with Gasteiger partial charge in [-0.15, -0.1) is 0 Å². The standard InChI is InChI=1S/C14H20O2/c1-4-8-13(15)14(16-5-2)12-10-7-6-9-11(12)3/h6-7,9-10,14H,4-5,8H2,1-3H3. The third-order valence-corrected chi connectivity index (χ3v) is 2.59. The van der Waals surface area contributed by atoms with E-state index in [-0.39, 0.29) is 11.9 Å². The minimum absolute atomic E-state index is 0.179. The number of carbonyl (C=O) groups is 1. The molecule has 0 aliphatic heterocycles. The third-order valence-electron chi connectivity index (χ3n) is 2.59. The smallest absolute Gasteiger partial charge is 0.166 e. The molecule has 0 N–H and O–H groups in total. The van der Waals surface area contributed by atoms with Crippen molar-refractivity contribution in [2.75, 3.05) is 6.61 Å². The molecule has 1 unspecified atom stereocenters. The van der Waals surface area contributed by atoms with Crippen LogP contribution in [0.15, 0.2) is 24.3 Å². The van der Waals surface area contributed by atoms with Crippen molar-refractivity contribution in [2.45, 2.75) is 39.7 Å². The van der Waals surface area contributed by atoms with Gasteiger partial charge in [0, 0.05) is 13.0 Å². The molecule has 0 aliphatic carbocycles. The highest BCUT2D eigenvalue weighted by Gasteiger charge is 2.20. The molecule has 1 aromatic carbocycles. The number of rotatable bonds is 6. The molecule has 0 amide bonds. The van der Waals surface area contributed by atoms with E-state index < -0.39 is 0 Å². The number of aryl methyl sites for hydroxylation is 1. The number of ketones is 1. The Balaban J connectivity index is 2.93. The Kier molecular flexibility index (Phi) is 5.20. The van der Waals surface area contributed by atoms with Crippen LogP contribution in [0.5, 0.6) is 0 Å². The summed E-state index contributed by atoms with van der Waals surface area (Å²) in [4.78, 5) is 12.0.